The monoisotopic (exact) mass is 232 g/mol. The van der Waals surface area contributed by atoms with E-state index in [0.717, 1.165) is 17.5 Å². The third-order valence-electron chi connectivity index (χ3n) is 2.69. The number of hydrogen-bond donors (Lipinski definition) is 0. The van der Waals surface area contributed by atoms with Gasteiger partial charge in [-0.25, -0.2) is 8.78 Å². The van der Waals surface area contributed by atoms with Crippen molar-refractivity contribution >= 4 is 0 Å². The van der Waals surface area contributed by atoms with Crippen molar-refractivity contribution in [1.82, 2.24) is 4.57 Å². The van der Waals surface area contributed by atoms with Crippen LogP contribution < -0.4 is 0 Å². The third-order valence-corrected chi connectivity index (χ3v) is 2.69. The molecular weight excluding hydrogens is 222 g/mol. The maximum atomic E-state index is 14.0. The summed E-state index contributed by atoms with van der Waals surface area (Å²) in [6.07, 6.45) is 0. The Bertz CT molecular complexity index is 602. The SMILES string of the molecule is Cc1ccc(C)n1-c1ccc(F)c(C#N)c1F. The van der Waals surface area contributed by atoms with Gasteiger partial charge in [0.25, 0.3) is 0 Å². The van der Waals surface area contributed by atoms with Crippen LogP contribution in [-0.2, 0) is 0 Å². The molecule has 0 saturated carbocycles. The number of benzene rings is 1. The second-order valence-corrected chi connectivity index (χ2v) is 3.82. The largest absolute Gasteiger partial charge is 0.316 e. The van der Waals surface area contributed by atoms with E-state index in [1.165, 1.54) is 6.07 Å². The number of nitrogens with zero attached hydrogens (tertiary/aromatic N) is 2. The lowest BCUT2D eigenvalue weighted by Gasteiger charge is -2.11. The van der Waals surface area contributed by atoms with Crippen molar-refractivity contribution in [3.05, 3.63) is 52.9 Å². The minimum atomic E-state index is -0.837. The second kappa shape index (κ2) is 4.02. The van der Waals surface area contributed by atoms with Crippen LogP contribution in [0.2, 0.25) is 0 Å². The van der Waals surface area contributed by atoms with Crippen LogP contribution in [0.4, 0.5) is 8.78 Å². The molecular formula is C13H10F2N2. The van der Waals surface area contributed by atoms with E-state index < -0.39 is 17.2 Å². The fourth-order valence-electron chi connectivity index (χ4n) is 1.87. The molecule has 0 unspecified atom stereocenters. The topological polar surface area (TPSA) is 28.7 Å². The Kier molecular flexibility index (Phi) is 2.68. The van der Waals surface area contributed by atoms with Crippen LogP contribution in [0.3, 0.4) is 0 Å². The van der Waals surface area contributed by atoms with Crippen molar-refractivity contribution in [1.29, 1.82) is 5.26 Å². The summed E-state index contributed by atoms with van der Waals surface area (Å²) in [5.74, 6) is -1.66. The van der Waals surface area contributed by atoms with Crippen molar-refractivity contribution in [2.24, 2.45) is 0 Å². The van der Waals surface area contributed by atoms with E-state index in [1.807, 2.05) is 26.0 Å². The van der Waals surface area contributed by atoms with Gasteiger partial charge < -0.3 is 4.57 Å². The molecule has 86 valence electrons. The average molecular weight is 232 g/mol. The number of halogens is 2. The van der Waals surface area contributed by atoms with Gasteiger partial charge >= 0.3 is 0 Å². The molecule has 0 fully saturated rings. The van der Waals surface area contributed by atoms with E-state index in [0.29, 0.717) is 0 Å². The Morgan fingerprint density at radius 3 is 2.18 bits per heavy atom. The number of aromatic nitrogens is 1. The molecule has 1 aromatic heterocycles. The second-order valence-electron chi connectivity index (χ2n) is 3.82. The van der Waals surface area contributed by atoms with Crippen LogP contribution in [-0.4, -0.2) is 4.57 Å². The molecule has 0 aliphatic carbocycles. The van der Waals surface area contributed by atoms with E-state index in [1.54, 1.807) is 10.6 Å². The van der Waals surface area contributed by atoms with Gasteiger partial charge in [-0.1, -0.05) is 0 Å². The van der Waals surface area contributed by atoms with Gasteiger partial charge in [-0.15, -0.1) is 0 Å². The molecule has 0 saturated heterocycles. The molecule has 0 N–H and O–H groups in total. The van der Waals surface area contributed by atoms with Crippen molar-refractivity contribution in [2.45, 2.75) is 13.8 Å². The molecule has 0 bridgehead atoms. The highest BCUT2D eigenvalue weighted by Gasteiger charge is 2.16. The summed E-state index contributed by atoms with van der Waals surface area (Å²) in [5, 5.41) is 8.72. The van der Waals surface area contributed by atoms with Crippen LogP contribution in [0.1, 0.15) is 17.0 Å². The first-order chi connectivity index (χ1) is 8.06. The summed E-state index contributed by atoms with van der Waals surface area (Å²) in [4.78, 5) is 0. The first-order valence-electron chi connectivity index (χ1n) is 5.09. The number of hydrogen-bond acceptors (Lipinski definition) is 1. The normalized spacial score (nSPS) is 10.3. The fourth-order valence-corrected chi connectivity index (χ4v) is 1.87. The van der Waals surface area contributed by atoms with Crippen LogP contribution in [0, 0.1) is 36.8 Å². The average Bonchev–Trinajstić information content (AvgIpc) is 2.61. The molecule has 1 aromatic carbocycles. The Labute approximate surface area is 97.7 Å². The Morgan fingerprint density at radius 2 is 1.65 bits per heavy atom. The highest BCUT2D eigenvalue weighted by Crippen LogP contribution is 2.23. The van der Waals surface area contributed by atoms with E-state index in [4.69, 9.17) is 5.26 Å². The van der Waals surface area contributed by atoms with Crippen LogP contribution in [0.5, 0.6) is 0 Å². The minimum absolute atomic E-state index is 0.197. The van der Waals surface area contributed by atoms with Crippen LogP contribution in [0.15, 0.2) is 24.3 Å². The first kappa shape index (κ1) is 11.3. The summed E-state index contributed by atoms with van der Waals surface area (Å²) in [5.41, 5.74) is 1.31. The molecule has 2 aromatic rings. The van der Waals surface area contributed by atoms with Crippen LogP contribution in [0.25, 0.3) is 5.69 Å². The predicted molar refractivity (Wildman–Crippen MR) is 59.9 cm³/mol. The number of aryl methyl sites for hydroxylation is 2. The third kappa shape index (κ3) is 1.70. The van der Waals surface area contributed by atoms with Crippen molar-refractivity contribution in [3.63, 3.8) is 0 Å². The summed E-state index contributed by atoms with van der Waals surface area (Å²) in [6.45, 7) is 3.64. The van der Waals surface area contributed by atoms with Gasteiger partial charge in [-0.05, 0) is 38.1 Å². The molecule has 2 nitrogen and oxygen atoms in total. The van der Waals surface area contributed by atoms with Gasteiger partial charge in [0.15, 0.2) is 5.82 Å². The zero-order chi connectivity index (χ0) is 12.6. The Morgan fingerprint density at radius 1 is 1.06 bits per heavy atom. The summed E-state index contributed by atoms with van der Waals surface area (Å²) < 4.78 is 28.8. The standard InChI is InChI=1S/C13H10F2N2/c1-8-3-4-9(2)17(8)12-6-5-11(14)10(7-16)13(12)15/h3-6H,1-2H3. The quantitative estimate of drug-likeness (QED) is 0.742. The highest BCUT2D eigenvalue weighted by atomic mass is 19.1. The van der Waals surface area contributed by atoms with E-state index in [9.17, 15) is 8.78 Å². The van der Waals surface area contributed by atoms with Gasteiger partial charge in [-0.3, -0.25) is 0 Å². The first-order valence-corrected chi connectivity index (χ1v) is 5.09. The zero-order valence-electron chi connectivity index (χ0n) is 9.46. The molecule has 0 atom stereocenters. The van der Waals surface area contributed by atoms with Gasteiger partial charge in [0.05, 0.1) is 5.69 Å². The summed E-state index contributed by atoms with van der Waals surface area (Å²) >= 11 is 0. The summed E-state index contributed by atoms with van der Waals surface area (Å²) in [7, 11) is 0. The van der Waals surface area contributed by atoms with E-state index in [2.05, 4.69) is 0 Å². The minimum Gasteiger partial charge on any atom is -0.316 e. The maximum Gasteiger partial charge on any atom is 0.167 e. The molecule has 0 aliphatic heterocycles. The molecule has 0 aliphatic rings. The summed E-state index contributed by atoms with van der Waals surface area (Å²) in [6, 6.07) is 7.66. The molecule has 17 heavy (non-hydrogen) atoms. The van der Waals surface area contributed by atoms with E-state index in [-0.39, 0.29) is 5.69 Å². The molecule has 1 heterocycles. The lowest BCUT2D eigenvalue weighted by Crippen LogP contribution is -2.04. The molecule has 0 radical (unpaired) electrons. The molecule has 2 rings (SSSR count). The van der Waals surface area contributed by atoms with Crippen molar-refractivity contribution in [2.75, 3.05) is 0 Å². The van der Waals surface area contributed by atoms with Gasteiger partial charge in [-0.2, -0.15) is 5.26 Å². The molecule has 0 amide bonds. The van der Waals surface area contributed by atoms with Gasteiger partial charge in [0.2, 0.25) is 0 Å². The highest BCUT2D eigenvalue weighted by molar-refractivity contribution is 5.46. The maximum absolute atomic E-state index is 14.0. The van der Waals surface area contributed by atoms with Gasteiger partial charge in [0.1, 0.15) is 17.4 Å². The number of nitriles is 1. The Balaban J connectivity index is 2.75. The smallest absolute Gasteiger partial charge is 0.167 e. The number of rotatable bonds is 1. The zero-order valence-corrected chi connectivity index (χ0v) is 9.46. The lowest BCUT2D eigenvalue weighted by atomic mass is 10.2. The predicted octanol–water partition coefficient (Wildman–Crippen LogP) is 3.24. The van der Waals surface area contributed by atoms with Crippen molar-refractivity contribution in [3.8, 4) is 11.8 Å². The fraction of sp³-hybridized carbons (Fsp3) is 0.154. The molecule has 4 heteroatoms. The lowest BCUT2D eigenvalue weighted by molar-refractivity contribution is 0.570. The van der Waals surface area contributed by atoms with Gasteiger partial charge in [0, 0.05) is 11.4 Å². The van der Waals surface area contributed by atoms with Crippen LogP contribution >= 0.6 is 0 Å². The molecule has 0 spiro atoms. The van der Waals surface area contributed by atoms with E-state index >= 15 is 0 Å². The van der Waals surface area contributed by atoms with Crippen molar-refractivity contribution < 1.29 is 8.78 Å². The Hall–Kier alpha value is -2.15.